The van der Waals surface area contributed by atoms with Crippen molar-refractivity contribution >= 4 is 0 Å². The van der Waals surface area contributed by atoms with Crippen molar-refractivity contribution in [3.05, 3.63) is 82.4 Å². The van der Waals surface area contributed by atoms with Crippen LogP contribution in [-0.2, 0) is 15.9 Å². The molecule has 3 heterocycles. The van der Waals surface area contributed by atoms with Crippen molar-refractivity contribution in [1.29, 1.82) is 0 Å². The lowest BCUT2D eigenvalue weighted by Crippen LogP contribution is -2.60. The first-order chi connectivity index (χ1) is 25.2. The molecule has 10 atom stereocenters. The van der Waals surface area contributed by atoms with Crippen molar-refractivity contribution < 1.29 is 85.3 Å². The zero-order valence-electron chi connectivity index (χ0n) is 27.3. The summed E-state index contributed by atoms with van der Waals surface area (Å²) in [6, 6.07) is 10.4. The molecule has 1 saturated heterocycles. The summed E-state index contributed by atoms with van der Waals surface area (Å²) in [4.78, 5) is 0. The molecule has 0 aromatic heterocycles. The Morgan fingerprint density at radius 2 is 1.21 bits per heavy atom. The van der Waals surface area contributed by atoms with E-state index in [1.54, 1.807) is 0 Å². The molecule has 0 bridgehead atoms. The normalized spacial score (nSPS) is 29.4. The molecular formula is C36H36O17. The van der Waals surface area contributed by atoms with Gasteiger partial charge in [0.05, 0.1) is 12.5 Å². The quantitative estimate of drug-likeness (QED) is 0.122. The molecule has 0 aliphatic carbocycles. The molecule has 1 fully saturated rings. The molecule has 4 aromatic rings. The highest BCUT2D eigenvalue weighted by Crippen LogP contribution is 2.57. The van der Waals surface area contributed by atoms with Crippen LogP contribution in [0, 0.1) is 0 Å². The van der Waals surface area contributed by atoms with Crippen LogP contribution in [-0.4, -0.2) is 116 Å². The first-order valence-electron chi connectivity index (χ1n) is 16.3. The fourth-order valence-electron chi connectivity index (χ4n) is 7.16. The van der Waals surface area contributed by atoms with Gasteiger partial charge in [-0.3, -0.25) is 0 Å². The number of hydrogen-bond donors (Lipinski definition) is 13. The average Bonchev–Trinajstić information content (AvgIpc) is 3.11. The largest absolute Gasteiger partial charge is 0.508 e. The van der Waals surface area contributed by atoms with Gasteiger partial charge in [-0.15, -0.1) is 0 Å². The minimum absolute atomic E-state index is 0.0241. The van der Waals surface area contributed by atoms with Crippen molar-refractivity contribution in [1.82, 2.24) is 0 Å². The van der Waals surface area contributed by atoms with Crippen LogP contribution in [0.4, 0.5) is 0 Å². The minimum Gasteiger partial charge on any atom is -0.508 e. The average molecular weight is 741 g/mol. The van der Waals surface area contributed by atoms with E-state index >= 15 is 0 Å². The third kappa shape index (κ3) is 6.17. The molecule has 282 valence electrons. The van der Waals surface area contributed by atoms with E-state index in [0.717, 1.165) is 42.5 Å². The molecule has 3 aliphatic rings. The fourth-order valence-corrected chi connectivity index (χ4v) is 7.16. The molecule has 3 aliphatic heterocycles. The highest BCUT2D eigenvalue weighted by atomic mass is 16.7. The molecular weight excluding hydrogens is 704 g/mol. The first kappa shape index (κ1) is 36.0. The number of phenols is 8. The number of hydrogen-bond acceptors (Lipinski definition) is 17. The van der Waals surface area contributed by atoms with E-state index < -0.39 is 114 Å². The van der Waals surface area contributed by atoms with Gasteiger partial charge in [0, 0.05) is 41.3 Å². The zero-order valence-corrected chi connectivity index (χ0v) is 27.3. The predicted molar refractivity (Wildman–Crippen MR) is 176 cm³/mol. The van der Waals surface area contributed by atoms with Crippen LogP contribution in [0.5, 0.6) is 57.5 Å². The Kier molecular flexibility index (Phi) is 9.19. The van der Waals surface area contributed by atoms with Crippen molar-refractivity contribution in [2.75, 3.05) is 6.61 Å². The molecule has 0 spiro atoms. The van der Waals surface area contributed by atoms with Gasteiger partial charge in [-0.25, -0.2) is 0 Å². The van der Waals surface area contributed by atoms with Gasteiger partial charge >= 0.3 is 0 Å². The van der Waals surface area contributed by atoms with Gasteiger partial charge in [0.15, 0.2) is 41.5 Å². The molecule has 7 rings (SSSR count). The monoisotopic (exact) mass is 740 g/mol. The summed E-state index contributed by atoms with van der Waals surface area (Å²) in [6.07, 6.45) is -14.3. The lowest BCUT2D eigenvalue weighted by molar-refractivity contribution is -0.317. The second kappa shape index (κ2) is 13.5. The third-order valence-corrected chi connectivity index (χ3v) is 9.81. The molecule has 53 heavy (non-hydrogen) atoms. The zero-order chi connectivity index (χ0) is 38.0. The van der Waals surface area contributed by atoms with Gasteiger partial charge < -0.3 is 85.3 Å². The summed E-state index contributed by atoms with van der Waals surface area (Å²) >= 11 is 0. The fraction of sp³-hybridized carbons (Fsp3) is 0.333. The Bertz CT molecular complexity index is 2030. The summed E-state index contributed by atoms with van der Waals surface area (Å²) in [5.41, 5.74) is -0.0378. The van der Waals surface area contributed by atoms with Gasteiger partial charge in [-0.2, -0.15) is 0 Å². The molecule has 0 amide bonds. The summed E-state index contributed by atoms with van der Waals surface area (Å²) in [5, 5.41) is 138. The van der Waals surface area contributed by atoms with Crippen LogP contribution in [0.1, 0.15) is 45.9 Å². The van der Waals surface area contributed by atoms with E-state index in [9.17, 15) is 66.4 Å². The highest BCUT2D eigenvalue weighted by molar-refractivity contribution is 5.66. The lowest BCUT2D eigenvalue weighted by atomic mass is 9.77. The molecule has 17 heteroatoms. The maximum absolute atomic E-state index is 12.0. The van der Waals surface area contributed by atoms with Crippen molar-refractivity contribution in [3.8, 4) is 57.5 Å². The van der Waals surface area contributed by atoms with Gasteiger partial charge in [-0.1, -0.05) is 12.1 Å². The number of aliphatic hydroxyl groups is 5. The van der Waals surface area contributed by atoms with E-state index in [1.807, 2.05) is 0 Å². The van der Waals surface area contributed by atoms with E-state index in [1.165, 1.54) is 12.1 Å². The third-order valence-electron chi connectivity index (χ3n) is 9.81. The number of aliphatic hydroxyl groups excluding tert-OH is 5. The minimum atomic E-state index is -1.84. The van der Waals surface area contributed by atoms with Crippen molar-refractivity contribution in [2.24, 2.45) is 0 Å². The Morgan fingerprint density at radius 3 is 1.83 bits per heavy atom. The molecule has 0 unspecified atom stereocenters. The van der Waals surface area contributed by atoms with Gasteiger partial charge in [0.2, 0.25) is 0 Å². The summed E-state index contributed by atoms with van der Waals surface area (Å²) in [5.74, 6) is -6.01. The number of fused-ring (bicyclic) bond motifs is 2. The van der Waals surface area contributed by atoms with Crippen LogP contribution in [0.3, 0.4) is 0 Å². The molecule has 0 saturated carbocycles. The molecule has 17 nitrogen and oxygen atoms in total. The summed E-state index contributed by atoms with van der Waals surface area (Å²) in [6.45, 7) is -0.752. The van der Waals surface area contributed by atoms with Crippen LogP contribution in [0.2, 0.25) is 0 Å². The van der Waals surface area contributed by atoms with Gasteiger partial charge in [-0.05, 0) is 35.4 Å². The number of aromatic hydroxyl groups is 8. The van der Waals surface area contributed by atoms with Crippen LogP contribution >= 0.6 is 0 Å². The Morgan fingerprint density at radius 1 is 0.585 bits per heavy atom. The van der Waals surface area contributed by atoms with E-state index in [-0.39, 0.29) is 45.7 Å². The second-order valence-electron chi connectivity index (χ2n) is 13.1. The topological polar surface area (TPSA) is 300 Å². The highest BCUT2D eigenvalue weighted by Gasteiger charge is 2.49. The number of ether oxygens (including phenoxy) is 4. The Labute approximate surface area is 299 Å². The van der Waals surface area contributed by atoms with E-state index in [4.69, 9.17) is 18.9 Å². The maximum Gasteiger partial charge on any atom is 0.187 e. The van der Waals surface area contributed by atoms with Gasteiger partial charge in [0.25, 0.3) is 0 Å². The standard InChI is InChI=1S/C36H36O17/c37-11-25-29(46)31(48)32(49)36(52-25)51-24-9-15-18(41)10-22(45)27(35(15)53-33(24)12-1-3-16(39)19(42)5-12)28-26-21(44)7-14(38)8-23(26)50-34(30(28)47)13-2-4-17(40)20(43)6-13/h1-8,10,24-25,28-34,36-49H,9,11H2/t24-,25-,28-,29-,30-,31+,32-,33+,34+,36-/m0/s1. The number of benzene rings is 4. The van der Waals surface area contributed by atoms with Gasteiger partial charge in [0.1, 0.15) is 71.1 Å². The summed E-state index contributed by atoms with van der Waals surface area (Å²) in [7, 11) is 0. The van der Waals surface area contributed by atoms with Crippen molar-refractivity contribution in [3.63, 3.8) is 0 Å². The SMILES string of the molecule is OC[C@@H]1O[C@H](O[C@H]2Cc3c(O)cc(O)c([C@@H]4c5c(O)cc(O)cc5O[C@H](c5ccc(O)c(O)c5)[C@H]4O)c3O[C@@H]2c2ccc(O)c(O)c2)[C@@H](O)[C@H](O)[C@H]1O. The predicted octanol–water partition coefficient (Wildman–Crippen LogP) is 0.819. The second-order valence-corrected chi connectivity index (χ2v) is 13.1. The summed E-state index contributed by atoms with van der Waals surface area (Å²) < 4.78 is 24.1. The van der Waals surface area contributed by atoms with E-state index in [0.29, 0.717) is 0 Å². The van der Waals surface area contributed by atoms with Crippen LogP contribution in [0.25, 0.3) is 0 Å². The molecule has 0 radical (unpaired) electrons. The van der Waals surface area contributed by atoms with Crippen molar-refractivity contribution in [2.45, 2.75) is 67.5 Å². The Hall–Kier alpha value is -5.40. The van der Waals surface area contributed by atoms with Crippen LogP contribution in [0.15, 0.2) is 54.6 Å². The number of phenolic OH excluding ortho intramolecular Hbond substituents is 8. The molecule has 4 aromatic carbocycles. The lowest BCUT2D eigenvalue weighted by Gasteiger charge is -2.44. The molecule has 13 N–H and O–H groups in total. The smallest absolute Gasteiger partial charge is 0.187 e. The van der Waals surface area contributed by atoms with E-state index in [2.05, 4.69) is 0 Å². The maximum atomic E-state index is 12.0. The first-order valence-corrected chi connectivity index (χ1v) is 16.3. The Balaban J connectivity index is 1.38. The van der Waals surface area contributed by atoms with Crippen LogP contribution < -0.4 is 9.47 Å². The number of rotatable bonds is 6.